The van der Waals surface area contributed by atoms with E-state index in [2.05, 4.69) is 29.8 Å². The van der Waals surface area contributed by atoms with Gasteiger partial charge in [-0.05, 0) is 46.1 Å². The predicted molar refractivity (Wildman–Crippen MR) is 68.0 cm³/mol. The van der Waals surface area contributed by atoms with Gasteiger partial charge in [0, 0.05) is 6.42 Å². The highest BCUT2D eigenvalue weighted by Gasteiger charge is 2.21. The van der Waals surface area contributed by atoms with Gasteiger partial charge >= 0.3 is 5.97 Å². The lowest BCUT2D eigenvalue weighted by molar-refractivity contribution is -0.133. The molecule has 0 atom stereocenters. The van der Waals surface area contributed by atoms with Crippen LogP contribution in [0.3, 0.4) is 0 Å². The van der Waals surface area contributed by atoms with Crippen molar-refractivity contribution in [3.8, 4) is 0 Å². The van der Waals surface area contributed by atoms with E-state index in [1.165, 1.54) is 0 Å². The standard InChI is InChI=1S/C13H13BrO3/c1-8(2)5-11-7-9(13(15)17-11)6-10-3-4-12(14)16-10/h3-4,6-8H,5H2,1-2H3/b9-6+. The molecule has 2 rings (SSSR count). The van der Waals surface area contributed by atoms with Crippen molar-refractivity contribution in [2.45, 2.75) is 20.3 Å². The molecule has 2 heterocycles. The summed E-state index contributed by atoms with van der Waals surface area (Å²) in [7, 11) is 0. The molecule has 0 spiro atoms. The van der Waals surface area contributed by atoms with E-state index in [0.29, 0.717) is 21.9 Å². The van der Waals surface area contributed by atoms with E-state index in [4.69, 9.17) is 9.15 Å². The third-order valence-electron chi connectivity index (χ3n) is 2.28. The minimum Gasteiger partial charge on any atom is -0.450 e. The quantitative estimate of drug-likeness (QED) is 0.627. The molecule has 0 radical (unpaired) electrons. The number of hydrogen-bond donors (Lipinski definition) is 0. The molecule has 90 valence electrons. The molecule has 3 nitrogen and oxygen atoms in total. The van der Waals surface area contributed by atoms with Gasteiger partial charge in [0.15, 0.2) is 4.67 Å². The number of carbonyl (C=O) groups is 1. The first-order chi connectivity index (χ1) is 8.04. The van der Waals surface area contributed by atoms with Crippen LogP contribution >= 0.6 is 15.9 Å². The van der Waals surface area contributed by atoms with E-state index < -0.39 is 0 Å². The highest BCUT2D eigenvalue weighted by atomic mass is 79.9. The lowest BCUT2D eigenvalue weighted by Crippen LogP contribution is -1.98. The molecule has 4 heteroatoms. The SMILES string of the molecule is CC(C)CC1=C/C(=C\c2ccc(Br)o2)C(=O)O1. The molecule has 17 heavy (non-hydrogen) atoms. The van der Waals surface area contributed by atoms with Crippen LogP contribution in [-0.4, -0.2) is 5.97 Å². The Balaban J connectivity index is 2.18. The second-order valence-corrected chi connectivity index (χ2v) is 5.12. The second kappa shape index (κ2) is 4.92. The molecule has 1 aromatic heterocycles. The Bertz CT molecular complexity index is 495. The lowest BCUT2D eigenvalue weighted by Gasteiger charge is -2.03. The largest absolute Gasteiger partial charge is 0.450 e. The van der Waals surface area contributed by atoms with Crippen molar-refractivity contribution < 1.29 is 13.9 Å². The third-order valence-corrected chi connectivity index (χ3v) is 2.70. The first-order valence-electron chi connectivity index (χ1n) is 5.44. The van der Waals surface area contributed by atoms with Crippen LogP contribution in [0.4, 0.5) is 0 Å². The number of esters is 1. The van der Waals surface area contributed by atoms with Crippen LogP contribution in [0.25, 0.3) is 6.08 Å². The number of halogens is 1. The summed E-state index contributed by atoms with van der Waals surface area (Å²) in [4.78, 5) is 11.6. The Kier molecular flexibility index (Phi) is 3.52. The minimum atomic E-state index is -0.312. The van der Waals surface area contributed by atoms with Crippen molar-refractivity contribution in [2.24, 2.45) is 5.92 Å². The van der Waals surface area contributed by atoms with E-state index in [0.717, 1.165) is 12.2 Å². The van der Waals surface area contributed by atoms with Crippen LogP contribution in [-0.2, 0) is 9.53 Å². The highest BCUT2D eigenvalue weighted by Crippen LogP contribution is 2.25. The van der Waals surface area contributed by atoms with Gasteiger partial charge in [-0.1, -0.05) is 13.8 Å². The van der Waals surface area contributed by atoms with Crippen LogP contribution in [0, 0.1) is 5.92 Å². The zero-order valence-corrected chi connectivity index (χ0v) is 11.3. The summed E-state index contributed by atoms with van der Waals surface area (Å²) >= 11 is 3.21. The van der Waals surface area contributed by atoms with Gasteiger partial charge in [0.1, 0.15) is 11.5 Å². The van der Waals surface area contributed by atoms with Crippen molar-refractivity contribution in [1.29, 1.82) is 0 Å². The number of rotatable bonds is 3. The van der Waals surface area contributed by atoms with Crippen LogP contribution in [0.15, 0.2) is 38.6 Å². The zero-order chi connectivity index (χ0) is 12.4. The molecule has 1 aromatic rings. The topological polar surface area (TPSA) is 39.4 Å². The summed E-state index contributed by atoms with van der Waals surface area (Å²) in [5.74, 6) is 1.51. The number of allylic oxidation sites excluding steroid dienone is 1. The Morgan fingerprint density at radius 2 is 2.18 bits per heavy atom. The van der Waals surface area contributed by atoms with Crippen LogP contribution < -0.4 is 0 Å². The molecule has 0 amide bonds. The normalized spacial score (nSPS) is 17.8. The van der Waals surface area contributed by atoms with Gasteiger partial charge < -0.3 is 9.15 Å². The monoisotopic (exact) mass is 296 g/mol. The predicted octanol–water partition coefficient (Wildman–Crippen LogP) is 3.91. The maximum Gasteiger partial charge on any atom is 0.343 e. The molecule has 0 saturated heterocycles. The van der Waals surface area contributed by atoms with Gasteiger partial charge in [0.2, 0.25) is 0 Å². The molecular weight excluding hydrogens is 284 g/mol. The zero-order valence-electron chi connectivity index (χ0n) is 9.70. The molecule has 0 aliphatic carbocycles. The van der Waals surface area contributed by atoms with Crippen molar-refractivity contribution in [3.63, 3.8) is 0 Å². The Hall–Kier alpha value is -1.29. The summed E-state index contributed by atoms with van der Waals surface area (Å²) in [5, 5.41) is 0. The minimum absolute atomic E-state index is 0.312. The van der Waals surface area contributed by atoms with E-state index in [-0.39, 0.29) is 5.97 Å². The smallest absolute Gasteiger partial charge is 0.343 e. The molecule has 0 aromatic carbocycles. The molecule has 0 N–H and O–H groups in total. The maximum absolute atomic E-state index is 11.6. The summed E-state index contributed by atoms with van der Waals surface area (Å²) in [6.45, 7) is 4.17. The fourth-order valence-electron chi connectivity index (χ4n) is 1.60. The van der Waals surface area contributed by atoms with Gasteiger partial charge in [-0.2, -0.15) is 0 Å². The first kappa shape index (κ1) is 12.2. The number of cyclic esters (lactones) is 1. The van der Waals surface area contributed by atoms with E-state index in [9.17, 15) is 4.79 Å². The van der Waals surface area contributed by atoms with Crippen LogP contribution in [0.2, 0.25) is 0 Å². The lowest BCUT2D eigenvalue weighted by atomic mass is 10.1. The molecule has 0 fully saturated rings. The van der Waals surface area contributed by atoms with Gasteiger partial charge in [0.25, 0.3) is 0 Å². The molecule has 1 aliphatic rings. The number of furan rings is 1. The van der Waals surface area contributed by atoms with Gasteiger partial charge in [0.05, 0.1) is 5.57 Å². The van der Waals surface area contributed by atoms with E-state index in [1.807, 2.05) is 0 Å². The Labute approximate surface area is 108 Å². The molecule has 0 saturated carbocycles. The van der Waals surface area contributed by atoms with Gasteiger partial charge in [-0.3, -0.25) is 0 Å². The van der Waals surface area contributed by atoms with Gasteiger partial charge in [-0.25, -0.2) is 4.79 Å². The summed E-state index contributed by atoms with van der Waals surface area (Å²) in [6, 6.07) is 3.57. The van der Waals surface area contributed by atoms with Crippen molar-refractivity contribution >= 4 is 28.0 Å². The molecule has 0 bridgehead atoms. The van der Waals surface area contributed by atoms with Gasteiger partial charge in [-0.15, -0.1) is 0 Å². The second-order valence-electron chi connectivity index (χ2n) is 4.34. The molecule has 0 unspecified atom stereocenters. The van der Waals surface area contributed by atoms with E-state index >= 15 is 0 Å². The number of hydrogen-bond acceptors (Lipinski definition) is 3. The Morgan fingerprint density at radius 3 is 2.76 bits per heavy atom. The van der Waals surface area contributed by atoms with Crippen LogP contribution in [0.1, 0.15) is 26.0 Å². The summed E-state index contributed by atoms with van der Waals surface area (Å²) in [5.41, 5.74) is 0.530. The van der Waals surface area contributed by atoms with Crippen LogP contribution in [0.5, 0.6) is 0 Å². The average Bonchev–Trinajstić information content (AvgIpc) is 2.74. The maximum atomic E-state index is 11.6. The fourth-order valence-corrected chi connectivity index (χ4v) is 1.92. The van der Waals surface area contributed by atoms with E-state index in [1.54, 1.807) is 24.3 Å². The highest BCUT2D eigenvalue weighted by molar-refractivity contribution is 9.10. The fraction of sp³-hybridized carbons (Fsp3) is 0.308. The number of ether oxygens (including phenoxy) is 1. The summed E-state index contributed by atoms with van der Waals surface area (Å²) < 4.78 is 11.1. The molecule has 1 aliphatic heterocycles. The number of carbonyl (C=O) groups excluding carboxylic acids is 1. The van der Waals surface area contributed by atoms with Crippen molar-refractivity contribution in [2.75, 3.05) is 0 Å². The average molecular weight is 297 g/mol. The van der Waals surface area contributed by atoms with Crippen molar-refractivity contribution in [1.82, 2.24) is 0 Å². The summed E-state index contributed by atoms with van der Waals surface area (Å²) in [6.07, 6.45) is 4.23. The first-order valence-corrected chi connectivity index (χ1v) is 6.23. The third kappa shape index (κ3) is 3.09. The molecular formula is C13H13BrO3. The Morgan fingerprint density at radius 1 is 1.41 bits per heavy atom. The van der Waals surface area contributed by atoms with Crippen molar-refractivity contribution in [3.05, 3.63) is 40.0 Å².